The zero-order valence-corrected chi connectivity index (χ0v) is 19.7. The Morgan fingerprint density at radius 3 is 2.54 bits per heavy atom. The number of H-pyrrole nitrogens is 1. The van der Waals surface area contributed by atoms with Crippen LogP contribution >= 0.6 is 24.0 Å². The van der Waals surface area contributed by atoms with Gasteiger partial charge in [0.2, 0.25) is 0 Å². The third kappa shape index (κ3) is 8.77. The van der Waals surface area contributed by atoms with Gasteiger partial charge in [0, 0.05) is 37.2 Å². The number of aliphatic imine (C=N–C) groups is 1. The number of unbranched alkanes of at least 4 members (excludes halogenated alkanes) is 4. The van der Waals surface area contributed by atoms with Crippen molar-refractivity contribution in [1.82, 2.24) is 20.5 Å². The smallest absolute Gasteiger partial charge is 0.190 e. The van der Waals surface area contributed by atoms with E-state index >= 15 is 0 Å². The van der Waals surface area contributed by atoms with Crippen LogP contribution in [0.2, 0.25) is 0 Å². The number of nitrogens with one attached hydrogen (secondary N) is 3. The van der Waals surface area contributed by atoms with E-state index in [1.165, 1.54) is 38.3 Å². The van der Waals surface area contributed by atoms with Crippen LogP contribution in [0.4, 0.5) is 4.39 Å². The topological polar surface area (TPSA) is 55.5 Å². The third-order valence-electron chi connectivity index (χ3n) is 4.71. The zero-order valence-electron chi connectivity index (χ0n) is 17.4. The lowest BCUT2D eigenvalue weighted by Gasteiger charge is -2.12. The highest BCUT2D eigenvalue weighted by Gasteiger charge is 2.05. The van der Waals surface area contributed by atoms with Crippen LogP contribution in [0.25, 0.3) is 10.9 Å². The van der Waals surface area contributed by atoms with Crippen LogP contribution in [0.3, 0.4) is 0 Å². The van der Waals surface area contributed by atoms with Gasteiger partial charge in [0.1, 0.15) is 5.82 Å². The summed E-state index contributed by atoms with van der Waals surface area (Å²) in [5.41, 5.74) is 2.09. The molecule has 1 aromatic carbocycles. The molecule has 7 heteroatoms. The number of fused-ring (bicyclic) bond motifs is 1. The van der Waals surface area contributed by atoms with Gasteiger partial charge >= 0.3 is 0 Å². The minimum atomic E-state index is -0.199. The van der Waals surface area contributed by atoms with E-state index in [0.717, 1.165) is 48.4 Å². The molecule has 0 bridgehead atoms. The summed E-state index contributed by atoms with van der Waals surface area (Å²) in [5, 5.41) is 7.66. The highest BCUT2D eigenvalue weighted by atomic mass is 127. The van der Waals surface area contributed by atoms with Gasteiger partial charge < -0.3 is 20.5 Å². The van der Waals surface area contributed by atoms with Crippen molar-refractivity contribution in [2.45, 2.75) is 38.5 Å². The number of benzene rings is 1. The maximum atomic E-state index is 13.4. The Kier molecular flexibility index (Phi) is 12.1. The Labute approximate surface area is 185 Å². The summed E-state index contributed by atoms with van der Waals surface area (Å²) in [7, 11) is 6.04. The minimum Gasteiger partial charge on any atom is -0.361 e. The average molecular weight is 503 g/mol. The first-order chi connectivity index (χ1) is 13.1. The lowest BCUT2D eigenvalue weighted by molar-refractivity contribution is 0.389. The second kappa shape index (κ2) is 13.8. The first kappa shape index (κ1) is 24.7. The van der Waals surface area contributed by atoms with Gasteiger partial charge in [0.05, 0.1) is 0 Å². The van der Waals surface area contributed by atoms with E-state index in [1.54, 1.807) is 19.2 Å². The number of halogens is 2. The number of aromatic amines is 1. The Balaban J connectivity index is 0.00000392. The molecule has 0 aliphatic heterocycles. The second-order valence-electron chi connectivity index (χ2n) is 7.25. The normalized spacial score (nSPS) is 11.7. The minimum absolute atomic E-state index is 0. The molecule has 2 aromatic rings. The molecule has 0 spiro atoms. The monoisotopic (exact) mass is 503 g/mol. The highest BCUT2D eigenvalue weighted by Crippen LogP contribution is 2.19. The highest BCUT2D eigenvalue weighted by molar-refractivity contribution is 14.0. The fourth-order valence-corrected chi connectivity index (χ4v) is 3.18. The van der Waals surface area contributed by atoms with Crippen molar-refractivity contribution in [3.8, 4) is 0 Å². The number of nitrogens with zero attached hydrogens (tertiary/aromatic N) is 2. The predicted octanol–water partition coefficient (Wildman–Crippen LogP) is 4.14. The van der Waals surface area contributed by atoms with E-state index in [9.17, 15) is 4.39 Å². The Morgan fingerprint density at radius 2 is 1.79 bits per heavy atom. The van der Waals surface area contributed by atoms with E-state index in [0.29, 0.717) is 0 Å². The van der Waals surface area contributed by atoms with Crippen LogP contribution in [-0.2, 0) is 6.42 Å². The van der Waals surface area contributed by atoms with Crippen LogP contribution in [0.1, 0.15) is 37.7 Å². The molecule has 5 nitrogen and oxygen atoms in total. The van der Waals surface area contributed by atoms with E-state index in [4.69, 9.17) is 0 Å². The van der Waals surface area contributed by atoms with Crippen molar-refractivity contribution in [3.05, 3.63) is 35.8 Å². The van der Waals surface area contributed by atoms with Gasteiger partial charge in [-0.2, -0.15) is 0 Å². The molecule has 0 amide bonds. The summed E-state index contributed by atoms with van der Waals surface area (Å²) in [6.07, 6.45) is 9.05. The molecular formula is C21H35FIN5. The maximum absolute atomic E-state index is 13.4. The molecule has 0 atom stereocenters. The number of hydrogen-bond donors (Lipinski definition) is 3. The van der Waals surface area contributed by atoms with E-state index < -0.39 is 0 Å². The van der Waals surface area contributed by atoms with Gasteiger partial charge in [-0.05, 0) is 63.7 Å². The average Bonchev–Trinajstić information content (AvgIpc) is 3.04. The molecule has 0 saturated carbocycles. The molecule has 0 saturated heterocycles. The van der Waals surface area contributed by atoms with Crippen molar-refractivity contribution in [2.24, 2.45) is 4.99 Å². The fourth-order valence-electron chi connectivity index (χ4n) is 3.18. The molecule has 0 aliphatic carbocycles. The van der Waals surface area contributed by atoms with Crippen LogP contribution < -0.4 is 10.6 Å². The molecule has 3 N–H and O–H groups in total. The molecule has 2 rings (SSSR count). The SMILES string of the molecule is CN=C(NCCCCCCCN(C)C)NCCc1c[nH]c2ccc(F)cc12.I. The molecule has 0 unspecified atom stereocenters. The maximum Gasteiger partial charge on any atom is 0.190 e. The van der Waals surface area contributed by atoms with E-state index in [2.05, 4.69) is 39.6 Å². The van der Waals surface area contributed by atoms with Crippen molar-refractivity contribution in [1.29, 1.82) is 0 Å². The molecule has 28 heavy (non-hydrogen) atoms. The summed E-state index contributed by atoms with van der Waals surface area (Å²) >= 11 is 0. The first-order valence-electron chi connectivity index (χ1n) is 9.95. The lowest BCUT2D eigenvalue weighted by Crippen LogP contribution is -2.38. The molecule has 1 heterocycles. The van der Waals surface area contributed by atoms with Gasteiger partial charge in [0.15, 0.2) is 5.96 Å². The largest absolute Gasteiger partial charge is 0.361 e. The van der Waals surface area contributed by atoms with Crippen molar-refractivity contribution in [2.75, 3.05) is 40.8 Å². The van der Waals surface area contributed by atoms with Gasteiger partial charge in [-0.3, -0.25) is 4.99 Å². The molecule has 158 valence electrons. The van der Waals surface area contributed by atoms with Gasteiger partial charge in [-0.25, -0.2) is 4.39 Å². The van der Waals surface area contributed by atoms with E-state index in [-0.39, 0.29) is 29.8 Å². The van der Waals surface area contributed by atoms with Crippen molar-refractivity contribution < 1.29 is 4.39 Å². The first-order valence-corrected chi connectivity index (χ1v) is 9.95. The third-order valence-corrected chi connectivity index (χ3v) is 4.71. The molecule has 0 radical (unpaired) electrons. The Hall–Kier alpha value is -1.35. The van der Waals surface area contributed by atoms with Crippen molar-refractivity contribution >= 4 is 40.8 Å². The summed E-state index contributed by atoms with van der Waals surface area (Å²) in [6, 6.07) is 4.85. The number of hydrogen-bond acceptors (Lipinski definition) is 2. The molecule has 0 aliphatic rings. The molecular weight excluding hydrogens is 468 g/mol. The van der Waals surface area contributed by atoms with Crippen LogP contribution in [0.5, 0.6) is 0 Å². The summed E-state index contributed by atoms with van der Waals surface area (Å²) in [6.45, 7) is 2.87. The Bertz CT molecular complexity index is 714. The van der Waals surface area contributed by atoms with Crippen LogP contribution in [-0.4, -0.2) is 56.6 Å². The Morgan fingerprint density at radius 1 is 1.07 bits per heavy atom. The van der Waals surface area contributed by atoms with Gasteiger partial charge in [-0.15, -0.1) is 24.0 Å². The van der Waals surface area contributed by atoms with Crippen molar-refractivity contribution in [3.63, 3.8) is 0 Å². The molecule has 0 fully saturated rings. The number of guanidine groups is 1. The van der Waals surface area contributed by atoms with E-state index in [1.807, 2.05) is 6.20 Å². The molecule has 1 aromatic heterocycles. The van der Waals surface area contributed by atoms with Crippen LogP contribution in [0, 0.1) is 5.82 Å². The summed E-state index contributed by atoms with van der Waals surface area (Å²) < 4.78 is 13.4. The zero-order chi connectivity index (χ0) is 19.5. The number of rotatable bonds is 11. The lowest BCUT2D eigenvalue weighted by atomic mass is 10.1. The predicted molar refractivity (Wildman–Crippen MR) is 128 cm³/mol. The number of aromatic nitrogens is 1. The van der Waals surface area contributed by atoms with Gasteiger partial charge in [-0.1, -0.05) is 19.3 Å². The standard InChI is InChI=1S/C21H34FN5.HI/c1-23-21(24-12-7-5-4-6-8-14-27(2)3)25-13-11-17-16-26-20-10-9-18(22)15-19(17)20;/h9-10,15-16,26H,4-8,11-14H2,1-3H3,(H2,23,24,25);1H. The van der Waals surface area contributed by atoms with Gasteiger partial charge in [0.25, 0.3) is 0 Å². The summed E-state index contributed by atoms with van der Waals surface area (Å²) in [5.74, 6) is 0.629. The fraction of sp³-hybridized carbons (Fsp3) is 0.571. The quantitative estimate of drug-likeness (QED) is 0.187. The summed E-state index contributed by atoms with van der Waals surface area (Å²) in [4.78, 5) is 9.70. The second-order valence-corrected chi connectivity index (χ2v) is 7.25. The van der Waals surface area contributed by atoms with Crippen LogP contribution in [0.15, 0.2) is 29.4 Å².